The molecule has 0 aromatic heterocycles. The zero-order chi connectivity index (χ0) is 19.1. The highest BCUT2D eigenvalue weighted by Gasteiger charge is 2.19. The molecule has 0 heterocycles. The summed E-state index contributed by atoms with van der Waals surface area (Å²) in [5, 5.41) is 18.6. The number of aliphatic hydroxyl groups is 1. The third kappa shape index (κ3) is 12.7. The fraction of sp³-hybridized carbons (Fsp3) is 0.833. The molecule has 7 nitrogen and oxygen atoms in total. The van der Waals surface area contributed by atoms with Gasteiger partial charge in [-0.05, 0) is 19.3 Å². The van der Waals surface area contributed by atoms with Gasteiger partial charge in [0.25, 0.3) is 5.91 Å². The monoisotopic (exact) mass is 358 g/mol. The Kier molecular flexibility index (Phi) is 14.2. The van der Waals surface area contributed by atoms with Crippen LogP contribution in [0.5, 0.6) is 0 Å². The summed E-state index contributed by atoms with van der Waals surface area (Å²) < 4.78 is 0. The smallest absolute Gasteiger partial charge is 0.265 e. The second-order valence-electron chi connectivity index (χ2n) is 6.45. The molecule has 0 aromatic rings. The highest BCUT2D eigenvalue weighted by molar-refractivity contribution is 5.82. The van der Waals surface area contributed by atoms with Crippen LogP contribution < -0.4 is 5.73 Å². The van der Waals surface area contributed by atoms with E-state index in [-0.39, 0.29) is 18.7 Å². The molecular formula is C18H34N2O5. The van der Waals surface area contributed by atoms with Crippen LogP contribution in [0.4, 0.5) is 0 Å². The molecule has 0 saturated carbocycles. The van der Waals surface area contributed by atoms with Crippen molar-refractivity contribution in [3.8, 4) is 0 Å². The van der Waals surface area contributed by atoms with Crippen LogP contribution >= 0.6 is 0 Å². The number of unbranched alkanes of at least 4 members (excludes halogenated alkanes) is 5. The molecule has 0 rings (SSSR count). The summed E-state index contributed by atoms with van der Waals surface area (Å²) in [6.45, 7) is 1.45. The largest absolute Gasteiger partial charge is 0.394 e. The van der Waals surface area contributed by atoms with Crippen molar-refractivity contribution in [1.29, 1.82) is 0 Å². The number of nitrogens with two attached hydrogens (primary N) is 1. The summed E-state index contributed by atoms with van der Waals surface area (Å²) in [6, 6.07) is -1.16. The Morgan fingerprint density at radius 1 is 0.880 bits per heavy atom. The van der Waals surface area contributed by atoms with Crippen molar-refractivity contribution in [2.24, 2.45) is 5.73 Å². The Labute approximate surface area is 150 Å². The molecule has 0 saturated heterocycles. The van der Waals surface area contributed by atoms with Gasteiger partial charge in [0, 0.05) is 25.7 Å². The molecule has 0 aromatic carbocycles. The maximum atomic E-state index is 11.7. The zero-order valence-corrected chi connectivity index (χ0v) is 15.4. The van der Waals surface area contributed by atoms with E-state index in [0.717, 1.165) is 44.9 Å². The number of nitrogens with zero attached hydrogens (tertiary/aromatic N) is 1. The second-order valence-corrected chi connectivity index (χ2v) is 6.45. The molecule has 4 N–H and O–H groups in total. The summed E-state index contributed by atoms with van der Waals surface area (Å²) in [5.74, 6) is -0.489. The van der Waals surface area contributed by atoms with Crippen LogP contribution in [0.25, 0.3) is 0 Å². The van der Waals surface area contributed by atoms with E-state index >= 15 is 0 Å². The Hall–Kier alpha value is -1.31. The number of rotatable bonds is 16. The van der Waals surface area contributed by atoms with Gasteiger partial charge >= 0.3 is 0 Å². The molecule has 1 amide bonds. The van der Waals surface area contributed by atoms with Crippen LogP contribution in [0, 0.1) is 0 Å². The quantitative estimate of drug-likeness (QED) is 0.220. The zero-order valence-electron chi connectivity index (χ0n) is 15.4. The van der Waals surface area contributed by atoms with E-state index in [0.29, 0.717) is 30.1 Å². The standard InChI is InChI=1S/C18H34N2O5/c1-2-3-6-9-15(22)10-7-4-5-8-11-16(23)12-13-20(25)18(24)17(19)14-21/h17,21,25H,2-14,19H2,1H3/t17-/m0/s1. The first kappa shape index (κ1) is 23.7. The van der Waals surface area contributed by atoms with Crippen molar-refractivity contribution >= 4 is 17.5 Å². The number of Topliss-reactive ketones (excluding diaryl/α,β-unsaturated/α-hetero) is 2. The number of carbonyl (C=O) groups excluding carboxylic acids is 3. The van der Waals surface area contributed by atoms with E-state index in [1.807, 2.05) is 0 Å². The average molecular weight is 358 g/mol. The topological polar surface area (TPSA) is 121 Å². The van der Waals surface area contributed by atoms with E-state index in [4.69, 9.17) is 10.8 Å². The molecule has 0 bridgehead atoms. The number of ketones is 2. The maximum Gasteiger partial charge on any atom is 0.265 e. The van der Waals surface area contributed by atoms with Gasteiger partial charge in [-0.15, -0.1) is 0 Å². The Balaban J connectivity index is 3.61. The Morgan fingerprint density at radius 2 is 1.36 bits per heavy atom. The van der Waals surface area contributed by atoms with Crippen LogP contribution in [0.1, 0.15) is 77.6 Å². The third-order valence-corrected chi connectivity index (χ3v) is 4.09. The van der Waals surface area contributed by atoms with E-state index < -0.39 is 18.6 Å². The molecule has 0 aliphatic rings. The minimum Gasteiger partial charge on any atom is -0.394 e. The fourth-order valence-electron chi connectivity index (χ4n) is 2.43. The van der Waals surface area contributed by atoms with Gasteiger partial charge < -0.3 is 10.8 Å². The first-order valence-electron chi connectivity index (χ1n) is 9.32. The molecule has 0 spiro atoms. The minimum absolute atomic E-state index is 0.0277. The van der Waals surface area contributed by atoms with E-state index in [1.165, 1.54) is 0 Å². The lowest BCUT2D eigenvalue weighted by Crippen LogP contribution is -2.44. The van der Waals surface area contributed by atoms with Gasteiger partial charge in [-0.25, -0.2) is 5.06 Å². The molecule has 0 unspecified atom stereocenters. The van der Waals surface area contributed by atoms with Crippen LogP contribution in [0.3, 0.4) is 0 Å². The van der Waals surface area contributed by atoms with E-state index in [9.17, 15) is 19.6 Å². The van der Waals surface area contributed by atoms with Crippen molar-refractivity contribution in [1.82, 2.24) is 5.06 Å². The summed E-state index contributed by atoms with van der Waals surface area (Å²) in [6.07, 6.45) is 8.44. The van der Waals surface area contributed by atoms with Crippen LogP contribution in [-0.4, -0.2) is 52.0 Å². The van der Waals surface area contributed by atoms with Crippen molar-refractivity contribution in [3.63, 3.8) is 0 Å². The number of aliphatic hydroxyl groups excluding tert-OH is 1. The van der Waals surface area contributed by atoms with Gasteiger partial charge in [0.05, 0.1) is 13.2 Å². The number of amides is 1. The normalized spacial score (nSPS) is 12.0. The van der Waals surface area contributed by atoms with Gasteiger partial charge in [0.15, 0.2) is 0 Å². The summed E-state index contributed by atoms with van der Waals surface area (Å²) in [5.41, 5.74) is 5.30. The molecule has 7 heteroatoms. The first-order valence-corrected chi connectivity index (χ1v) is 9.32. The third-order valence-electron chi connectivity index (χ3n) is 4.09. The highest BCUT2D eigenvalue weighted by Crippen LogP contribution is 2.10. The van der Waals surface area contributed by atoms with Gasteiger partial charge in [0.2, 0.25) is 0 Å². The van der Waals surface area contributed by atoms with Gasteiger partial charge in [-0.1, -0.05) is 32.6 Å². The predicted octanol–water partition coefficient (Wildman–Crippen LogP) is 1.97. The first-order chi connectivity index (χ1) is 11.9. The molecule has 0 aliphatic carbocycles. The Bertz CT molecular complexity index is 401. The second kappa shape index (κ2) is 15.0. The molecule has 0 fully saturated rings. The molecule has 1 atom stereocenters. The lowest BCUT2D eigenvalue weighted by Gasteiger charge is -2.17. The van der Waals surface area contributed by atoms with Crippen LogP contribution in [0.2, 0.25) is 0 Å². The van der Waals surface area contributed by atoms with E-state index in [2.05, 4.69) is 6.92 Å². The maximum absolute atomic E-state index is 11.7. The summed E-state index contributed by atoms with van der Waals surface area (Å²) in [4.78, 5) is 34.7. The molecule has 0 aliphatic heterocycles. The van der Waals surface area contributed by atoms with E-state index in [1.54, 1.807) is 0 Å². The van der Waals surface area contributed by atoms with Gasteiger partial charge in [-0.2, -0.15) is 0 Å². The SMILES string of the molecule is CCCCCC(=O)CCCCCCC(=O)CCN(O)C(=O)[C@@H](N)CO. The highest BCUT2D eigenvalue weighted by atomic mass is 16.5. The van der Waals surface area contributed by atoms with Crippen LogP contribution in [-0.2, 0) is 14.4 Å². The van der Waals surface area contributed by atoms with Gasteiger partial charge in [-0.3, -0.25) is 19.6 Å². The number of hydrogen-bond acceptors (Lipinski definition) is 6. The number of carbonyl (C=O) groups is 3. The van der Waals surface area contributed by atoms with Crippen molar-refractivity contribution in [3.05, 3.63) is 0 Å². The summed E-state index contributed by atoms with van der Waals surface area (Å²) in [7, 11) is 0. The molecule has 146 valence electrons. The predicted molar refractivity (Wildman–Crippen MR) is 95.0 cm³/mol. The van der Waals surface area contributed by atoms with Crippen molar-refractivity contribution in [2.45, 2.75) is 83.6 Å². The average Bonchev–Trinajstić information content (AvgIpc) is 2.61. The summed E-state index contributed by atoms with van der Waals surface area (Å²) >= 11 is 0. The van der Waals surface area contributed by atoms with Gasteiger partial charge in [0.1, 0.15) is 17.6 Å². The molecule has 25 heavy (non-hydrogen) atoms. The Morgan fingerprint density at radius 3 is 1.84 bits per heavy atom. The van der Waals surface area contributed by atoms with Crippen molar-refractivity contribution in [2.75, 3.05) is 13.2 Å². The molecule has 0 radical (unpaired) electrons. The molecular weight excluding hydrogens is 324 g/mol. The van der Waals surface area contributed by atoms with Crippen molar-refractivity contribution < 1.29 is 24.7 Å². The lowest BCUT2D eigenvalue weighted by molar-refractivity contribution is -0.168. The lowest BCUT2D eigenvalue weighted by atomic mass is 10.0. The number of hydrogen-bond donors (Lipinski definition) is 3. The van der Waals surface area contributed by atoms with Crippen LogP contribution in [0.15, 0.2) is 0 Å². The minimum atomic E-state index is -1.16. The number of hydroxylamine groups is 2. The fourth-order valence-corrected chi connectivity index (χ4v) is 2.43.